The summed E-state index contributed by atoms with van der Waals surface area (Å²) in [5.41, 5.74) is 2.02. The minimum Gasteiger partial charge on any atom is -0.492 e. The summed E-state index contributed by atoms with van der Waals surface area (Å²) in [6.07, 6.45) is 1.81. The molecule has 4 rings (SSSR count). The summed E-state index contributed by atoms with van der Waals surface area (Å²) in [4.78, 5) is 31.8. The molecule has 1 aliphatic rings. The Morgan fingerprint density at radius 2 is 2.03 bits per heavy atom. The quantitative estimate of drug-likeness (QED) is 0.353. The molecule has 1 aliphatic heterocycles. The zero-order valence-electron chi connectivity index (χ0n) is 20.4. The zero-order chi connectivity index (χ0) is 26.0. The minimum absolute atomic E-state index is 0.209. The van der Waals surface area contributed by atoms with Crippen molar-refractivity contribution in [2.45, 2.75) is 33.7 Å². The second-order valence-electron chi connectivity index (χ2n) is 8.72. The first kappa shape index (κ1) is 26.4. The Balaban J connectivity index is 1.85. The van der Waals surface area contributed by atoms with Gasteiger partial charge in [0.2, 0.25) is 0 Å². The number of carbonyl (C=O) groups excluding carboxylic acids is 1. The Morgan fingerprint density at radius 3 is 2.69 bits per heavy atom. The number of benzene rings is 2. The van der Waals surface area contributed by atoms with Gasteiger partial charge in [-0.1, -0.05) is 61.1 Å². The fourth-order valence-corrected chi connectivity index (χ4v) is 5.71. The van der Waals surface area contributed by atoms with Gasteiger partial charge in [-0.05, 0) is 71.1 Å². The van der Waals surface area contributed by atoms with Crippen LogP contribution >= 0.6 is 38.9 Å². The molecular weight excluding hydrogens is 564 g/mol. The standard InChI is InChI=1S/C27H26BrClN2O4S/c1-5-34-26(33)23-16(4)30-27-31(24(23)18-8-6-7-9-20(18)29)25(32)22(36-27)13-17-10-11-21(19(28)12-17)35-14-15(2)3/h6-13,15,24H,5,14H2,1-4H3/b22-13-/t24-/m1/s1. The van der Waals surface area contributed by atoms with Gasteiger partial charge in [-0.15, -0.1) is 0 Å². The van der Waals surface area contributed by atoms with Crippen LogP contribution in [0.5, 0.6) is 5.75 Å². The summed E-state index contributed by atoms with van der Waals surface area (Å²) >= 11 is 11.4. The van der Waals surface area contributed by atoms with Crippen LogP contribution in [-0.2, 0) is 9.53 Å². The van der Waals surface area contributed by atoms with Gasteiger partial charge in [-0.3, -0.25) is 9.36 Å². The monoisotopic (exact) mass is 588 g/mol. The number of thiazole rings is 1. The van der Waals surface area contributed by atoms with E-state index in [0.717, 1.165) is 15.8 Å². The molecule has 0 unspecified atom stereocenters. The second-order valence-corrected chi connectivity index (χ2v) is 11.0. The fourth-order valence-electron chi connectivity index (χ4n) is 3.91. The number of allylic oxidation sites excluding steroid dienone is 1. The molecule has 6 nitrogen and oxygen atoms in total. The zero-order valence-corrected chi connectivity index (χ0v) is 23.5. The van der Waals surface area contributed by atoms with E-state index >= 15 is 0 Å². The Labute approximate surface area is 226 Å². The summed E-state index contributed by atoms with van der Waals surface area (Å²) in [6.45, 7) is 8.49. The van der Waals surface area contributed by atoms with Gasteiger partial charge < -0.3 is 9.47 Å². The van der Waals surface area contributed by atoms with E-state index in [1.165, 1.54) is 15.9 Å². The number of hydrogen-bond acceptors (Lipinski definition) is 6. The summed E-state index contributed by atoms with van der Waals surface area (Å²) in [5, 5.41) is 0.453. The maximum absolute atomic E-state index is 13.7. The molecule has 0 aliphatic carbocycles. The van der Waals surface area contributed by atoms with Gasteiger partial charge in [-0.2, -0.15) is 0 Å². The molecular formula is C27H26BrClN2O4S. The number of hydrogen-bond donors (Lipinski definition) is 0. The lowest BCUT2D eigenvalue weighted by Crippen LogP contribution is -2.40. The fraction of sp³-hybridized carbons (Fsp3) is 0.296. The highest BCUT2D eigenvalue weighted by molar-refractivity contribution is 9.10. The van der Waals surface area contributed by atoms with Crippen LogP contribution in [0, 0.1) is 5.92 Å². The minimum atomic E-state index is -0.741. The van der Waals surface area contributed by atoms with Crippen molar-refractivity contribution in [2.24, 2.45) is 10.9 Å². The Kier molecular flexibility index (Phi) is 8.17. The third-order valence-corrected chi connectivity index (χ3v) is 7.49. The number of esters is 1. The molecule has 188 valence electrons. The summed E-state index contributed by atoms with van der Waals surface area (Å²) in [7, 11) is 0. The molecule has 0 saturated heterocycles. The average molecular weight is 590 g/mol. The molecule has 1 aromatic heterocycles. The second kappa shape index (κ2) is 11.2. The molecule has 1 atom stereocenters. The Bertz CT molecular complexity index is 1520. The first-order chi connectivity index (χ1) is 17.2. The third-order valence-electron chi connectivity index (χ3n) is 5.54. The van der Waals surface area contributed by atoms with Crippen LogP contribution in [0.1, 0.15) is 44.9 Å². The van der Waals surface area contributed by atoms with Gasteiger partial charge in [0.05, 0.1) is 33.5 Å². The molecule has 0 saturated carbocycles. The Morgan fingerprint density at radius 1 is 1.28 bits per heavy atom. The van der Waals surface area contributed by atoms with Crippen LogP contribution in [0.3, 0.4) is 0 Å². The van der Waals surface area contributed by atoms with Gasteiger partial charge in [0.25, 0.3) is 5.56 Å². The van der Waals surface area contributed by atoms with Gasteiger partial charge in [0.15, 0.2) is 4.80 Å². The molecule has 2 heterocycles. The predicted molar refractivity (Wildman–Crippen MR) is 146 cm³/mol. The van der Waals surface area contributed by atoms with Crippen molar-refractivity contribution in [3.05, 3.63) is 94.0 Å². The summed E-state index contributed by atoms with van der Waals surface area (Å²) in [5.74, 6) is 0.640. The molecule has 0 bridgehead atoms. The van der Waals surface area contributed by atoms with E-state index in [4.69, 9.17) is 21.1 Å². The van der Waals surface area contributed by atoms with Crippen molar-refractivity contribution >= 4 is 50.9 Å². The number of nitrogens with zero attached hydrogens (tertiary/aromatic N) is 2. The number of fused-ring (bicyclic) bond motifs is 1. The van der Waals surface area contributed by atoms with E-state index < -0.39 is 12.0 Å². The SMILES string of the molecule is CCOC(=O)C1=C(C)N=c2s/c(=C\c3ccc(OCC(C)C)c(Br)c3)c(=O)n2[C@@H]1c1ccccc1Cl. The van der Waals surface area contributed by atoms with Crippen molar-refractivity contribution in [3.8, 4) is 5.75 Å². The van der Waals surface area contributed by atoms with Crippen LogP contribution in [0.15, 0.2) is 68.0 Å². The third kappa shape index (κ3) is 5.36. The molecule has 0 fully saturated rings. The topological polar surface area (TPSA) is 69.9 Å². The Hall–Kier alpha value is -2.68. The van der Waals surface area contributed by atoms with Crippen molar-refractivity contribution < 1.29 is 14.3 Å². The number of halogens is 2. The van der Waals surface area contributed by atoms with E-state index in [1.54, 1.807) is 19.9 Å². The van der Waals surface area contributed by atoms with Crippen molar-refractivity contribution in [3.63, 3.8) is 0 Å². The molecule has 2 aromatic carbocycles. The van der Waals surface area contributed by atoms with Crippen LogP contribution in [0.4, 0.5) is 0 Å². The first-order valence-electron chi connectivity index (χ1n) is 11.6. The molecule has 0 amide bonds. The van der Waals surface area contributed by atoms with Crippen molar-refractivity contribution in [2.75, 3.05) is 13.2 Å². The first-order valence-corrected chi connectivity index (χ1v) is 13.6. The lowest BCUT2D eigenvalue weighted by molar-refractivity contribution is -0.139. The molecule has 0 radical (unpaired) electrons. The lowest BCUT2D eigenvalue weighted by Gasteiger charge is -2.25. The van der Waals surface area contributed by atoms with Crippen molar-refractivity contribution in [1.82, 2.24) is 4.57 Å². The van der Waals surface area contributed by atoms with Gasteiger partial charge >= 0.3 is 5.97 Å². The van der Waals surface area contributed by atoms with Crippen LogP contribution < -0.4 is 19.6 Å². The highest BCUT2D eigenvalue weighted by Gasteiger charge is 2.34. The normalized spacial score (nSPS) is 15.6. The van der Waals surface area contributed by atoms with E-state index in [-0.39, 0.29) is 12.2 Å². The van der Waals surface area contributed by atoms with E-state index in [2.05, 4.69) is 34.8 Å². The van der Waals surface area contributed by atoms with E-state index in [1.807, 2.05) is 42.5 Å². The number of aromatic nitrogens is 1. The highest BCUT2D eigenvalue weighted by atomic mass is 79.9. The molecule has 3 aromatic rings. The highest BCUT2D eigenvalue weighted by Crippen LogP contribution is 2.34. The van der Waals surface area contributed by atoms with Gasteiger partial charge in [-0.25, -0.2) is 9.79 Å². The smallest absolute Gasteiger partial charge is 0.338 e. The van der Waals surface area contributed by atoms with E-state index in [0.29, 0.717) is 43.7 Å². The van der Waals surface area contributed by atoms with Gasteiger partial charge in [0.1, 0.15) is 11.8 Å². The summed E-state index contributed by atoms with van der Waals surface area (Å²) in [6, 6.07) is 12.1. The average Bonchev–Trinajstić information content (AvgIpc) is 3.12. The predicted octanol–water partition coefficient (Wildman–Crippen LogP) is 5.25. The maximum Gasteiger partial charge on any atom is 0.338 e. The maximum atomic E-state index is 13.7. The lowest BCUT2D eigenvalue weighted by atomic mass is 9.96. The largest absolute Gasteiger partial charge is 0.492 e. The molecule has 0 spiro atoms. The summed E-state index contributed by atoms with van der Waals surface area (Å²) < 4.78 is 14.0. The van der Waals surface area contributed by atoms with Crippen LogP contribution in [-0.4, -0.2) is 23.8 Å². The van der Waals surface area contributed by atoms with E-state index in [9.17, 15) is 9.59 Å². The van der Waals surface area contributed by atoms with Crippen molar-refractivity contribution in [1.29, 1.82) is 0 Å². The number of carbonyl (C=O) groups is 1. The number of ether oxygens (including phenoxy) is 2. The van der Waals surface area contributed by atoms with Crippen LogP contribution in [0.25, 0.3) is 6.08 Å². The molecule has 0 N–H and O–H groups in total. The van der Waals surface area contributed by atoms with Crippen LogP contribution in [0.2, 0.25) is 5.02 Å². The van der Waals surface area contributed by atoms with Gasteiger partial charge in [0, 0.05) is 5.02 Å². The molecule has 36 heavy (non-hydrogen) atoms. The number of rotatable bonds is 7. The molecule has 9 heteroatoms.